The van der Waals surface area contributed by atoms with Gasteiger partial charge in [0.2, 0.25) is 5.91 Å². The van der Waals surface area contributed by atoms with Crippen LogP contribution in [0.3, 0.4) is 0 Å². The number of hydrogen-bond donors (Lipinski definition) is 2. The van der Waals surface area contributed by atoms with E-state index < -0.39 is 27.4 Å². The Labute approximate surface area is 131 Å². The monoisotopic (exact) mass is 326 g/mol. The normalized spacial score (nSPS) is 14.3. The van der Waals surface area contributed by atoms with Crippen LogP contribution >= 0.6 is 0 Å². The number of benzene rings is 1. The van der Waals surface area contributed by atoms with Crippen molar-refractivity contribution in [3.8, 4) is 0 Å². The summed E-state index contributed by atoms with van der Waals surface area (Å²) >= 11 is 0. The molecular formula is C15H22N2O4S. The molecule has 0 radical (unpaired) electrons. The fourth-order valence-corrected chi connectivity index (χ4v) is 3.07. The summed E-state index contributed by atoms with van der Waals surface area (Å²) in [7, 11) is -3.99. The van der Waals surface area contributed by atoms with E-state index in [0.717, 1.165) is 5.56 Å². The zero-order valence-electron chi connectivity index (χ0n) is 13.4. The van der Waals surface area contributed by atoms with E-state index in [4.69, 9.17) is 0 Å². The van der Waals surface area contributed by atoms with E-state index in [2.05, 4.69) is 5.32 Å². The molecule has 1 atom stereocenters. The Balaban J connectivity index is 3.10. The SMILES string of the molecule is CC(=O)NC(C)(C(=O)NS(=O)(=O)c1cccc(C)c1)C(C)C. The standard InChI is InChI=1S/C15H22N2O4S/c1-10(2)15(5,16-12(4)18)14(19)17-22(20,21)13-8-6-7-11(3)9-13/h6-10H,1-5H3,(H,16,18)(H,17,19). The first-order valence-corrected chi connectivity index (χ1v) is 8.40. The molecule has 0 bridgehead atoms. The number of amides is 2. The molecule has 0 aliphatic heterocycles. The van der Waals surface area contributed by atoms with Crippen LogP contribution in [0.25, 0.3) is 0 Å². The quantitative estimate of drug-likeness (QED) is 0.854. The van der Waals surface area contributed by atoms with Crippen molar-refractivity contribution in [1.82, 2.24) is 10.0 Å². The lowest BCUT2D eigenvalue weighted by Crippen LogP contribution is -2.60. The van der Waals surface area contributed by atoms with Gasteiger partial charge < -0.3 is 5.32 Å². The average molecular weight is 326 g/mol. The molecule has 6 nitrogen and oxygen atoms in total. The van der Waals surface area contributed by atoms with Crippen molar-refractivity contribution in [2.24, 2.45) is 5.92 Å². The molecule has 122 valence electrons. The second-order valence-corrected chi connectivity index (χ2v) is 7.47. The maximum atomic E-state index is 12.4. The molecule has 0 heterocycles. The minimum Gasteiger partial charge on any atom is -0.342 e. The minimum atomic E-state index is -3.99. The Hall–Kier alpha value is -1.89. The van der Waals surface area contributed by atoms with Crippen molar-refractivity contribution >= 4 is 21.8 Å². The van der Waals surface area contributed by atoms with Crippen LogP contribution in [0, 0.1) is 12.8 Å². The van der Waals surface area contributed by atoms with Gasteiger partial charge in [-0.05, 0) is 37.5 Å². The lowest BCUT2D eigenvalue weighted by molar-refractivity contribution is -0.132. The van der Waals surface area contributed by atoms with Gasteiger partial charge in [-0.15, -0.1) is 0 Å². The summed E-state index contributed by atoms with van der Waals surface area (Å²) < 4.78 is 26.7. The summed E-state index contributed by atoms with van der Waals surface area (Å²) in [5.41, 5.74) is -0.549. The summed E-state index contributed by atoms with van der Waals surface area (Å²) in [4.78, 5) is 23.7. The van der Waals surface area contributed by atoms with Gasteiger partial charge in [0.15, 0.2) is 0 Å². The van der Waals surface area contributed by atoms with Crippen LogP contribution < -0.4 is 10.0 Å². The minimum absolute atomic E-state index is 0.00906. The van der Waals surface area contributed by atoms with Crippen molar-refractivity contribution < 1.29 is 18.0 Å². The molecule has 1 aromatic rings. The van der Waals surface area contributed by atoms with Crippen molar-refractivity contribution in [1.29, 1.82) is 0 Å². The summed E-state index contributed by atoms with van der Waals surface area (Å²) in [5, 5.41) is 2.53. The number of nitrogens with one attached hydrogen (secondary N) is 2. The van der Waals surface area contributed by atoms with Crippen molar-refractivity contribution in [3.05, 3.63) is 29.8 Å². The second-order valence-electron chi connectivity index (χ2n) is 5.79. The molecule has 0 saturated carbocycles. The first-order valence-electron chi connectivity index (χ1n) is 6.91. The predicted molar refractivity (Wildman–Crippen MR) is 83.6 cm³/mol. The van der Waals surface area contributed by atoms with Crippen LogP contribution in [0.4, 0.5) is 0 Å². The van der Waals surface area contributed by atoms with Crippen LogP contribution in [0.5, 0.6) is 0 Å². The van der Waals surface area contributed by atoms with Gasteiger partial charge in [-0.3, -0.25) is 9.59 Å². The number of rotatable bonds is 5. The van der Waals surface area contributed by atoms with E-state index in [-0.39, 0.29) is 10.8 Å². The highest BCUT2D eigenvalue weighted by Gasteiger charge is 2.39. The zero-order chi connectivity index (χ0) is 17.1. The summed E-state index contributed by atoms with van der Waals surface area (Å²) in [5.74, 6) is -1.46. The lowest BCUT2D eigenvalue weighted by Gasteiger charge is -2.32. The molecule has 22 heavy (non-hydrogen) atoms. The summed E-state index contributed by atoms with van der Waals surface area (Å²) in [6, 6.07) is 6.24. The molecule has 2 amide bonds. The maximum absolute atomic E-state index is 12.4. The highest BCUT2D eigenvalue weighted by Crippen LogP contribution is 2.19. The van der Waals surface area contributed by atoms with Crippen molar-refractivity contribution in [2.75, 3.05) is 0 Å². The largest absolute Gasteiger partial charge is 0.342 e. The highest BCUT2D eigenvalue weighted by molar-refractivity contribution is 7.90. The predicted octanol–water partition coefficient (Wildman–Crippen LogP) is 1.35. The fraction of sp³-hybridized carbons (Fsp3) is 0.467. The molecule has 1 rings (SSSR count). The molecule has 2 N–H and O–H groups in total. The Kier molecular flexibility index (Phi) is 5.35. The van der Waals surface area contributed by atoms with Gasteiger partial charge in [0.25, 0.3) is 15.9 Å². The number of carbonyl (C=O) groups excluding carboxylic acids is 2. The summed E-state index contributed by atoms with van der Waals surface area (Å²) in [6.45, 7) is 8.00. The van der Waals surface area contributed by atoms with Gasteiger partial charge in [0, 0.05) is 6.92 Å². The number of carbonyl (C=O) groups is 2. The molecule has 0 spiro atoms. The fourth-order valence-electron chi connectivity index (χ4n) is 1.90. The van der Waals surface area contributed by atoms with E-state index in [1.54, 1.807) is 32.9 Å². The van der Waals surface area contributed by atoms with Crippen LogP contribution in [0.1, 0.15) is 33.3 Å². The van der Waals surface area contributed by atoms with Crippen LogP contribution in [0.15, 0.2) is 29.2 Å². The third-order valence-electron chi connectivity index (χ3n) is 3.59. The van der Waals surface area contributed by atoms with E-state index in [1.807, 2.05) is 4.72 Å². The summed E-state index contributed by atoms with van der Waals surface area (Å²) in [6.07, 6.45) is 0. The average Bonchev–Trinajstić information content (AvgIpc) is 2.37. The van der Waals surface area contributed by atoms with Crippen LogP contribution in [-0.4, -0.2) is 25.8 Å². The highest BCUT2D eigenvalue weighted by atomic mass is 32.2. The van der Waals surface area contributed by atoms with E-state index in [0.29, 0.717) is 0 Å². The Bertz CT molecular complexity index is 683. The molecule has 1 unspecified atom stereocenters. The third-order valence-corrected chi connectivity index (χ3v) is 4.92. The van der Waals surface area contributed by atoms with Crippen LogP contribution in [-0.2, 0) is 19.6 Å². The van der Waals surface area contributed by atoms with Gasteiger partial charge in [-0.1, -0.05) is 26.0 Å². The second kappa shape index (κ2) is 6.48. The Morgan fingerprint density at radius 2 is 1.82 bits per heavy atom. The molecule has 7 heteroatoms. The topological polar surface area (TPSA) is 92.3 Å². The molecule has 0 fully saturated rings. The maximum Gasteiger partial charge on any atom is 0.264 e. The smallest absolute Gasteiger partial charge is 0.264 e. The molecule has 0 aromatic heterocycles. The van der Waals surface area contributed by atoms with Crippen LogP contribution in [0.2, 0.25) is 0 Å². The molecule has 0 aliphatic carbocycles. The number of sulfonamides is 1. The Morgan fingerprint density at radius 1 is 1.23 bits per heavy atom. The third kappa shape index (κ3) is 4.07. The number of aryl methyl sites for hydroxylation is 1. The first kappa shape index (κ1) is 18.2. The van der Waals surface area contributed by atoms with E-state index in [1.165, 1.54) is 26.0 Å². The zero-order valence-corrected chi connectivity index (χ0v) is 14.2. The van der Waals surface area contributed by atoms with Gasteiger partial charge in [0.1, 0.15) is 5.54 Å². The Morgan fingerprint density at radius 3 is 2.27 bits per heavy atom. The van der Waals surface area contributed by atoms with Gasteiger partial charge >= 0.3 is 0 Å². The molecule has 1 aromatic carbocycles. The van der Waals surface area contributed by atoms with Crippen molar-refractivity contribution in [3.63, 3.8) is 0 Å². The first-order chi connectivity index (χ1) is 9.99. The van der Waals surface area contributed by atoms with Gasteiger partial charge in [-0.25, -0.2) is 13.1 Å². The van der Waals surface area contributed by atoms with Gasteiger partial charge in [0.05, 0.1) is 4.90 Å². The van der Waals surface area contributed by atoms with Gasteiger partial charge in [-0.2, -0.15) is 0 Å². The number of hydrogen-bond acceptors (Lipinski definition) is 4. The lowest BCUT2D eigenvalue weighted by atomic mass is 9.87. The molecular weight excluding hydrogens is 304 g/mol. The van der Waals surface area contributed by atoms with Crippen molar-refractivity contribution in [2.45, 2.75) is 45.1 Å². The molecule has 0 aliphatic rings. The van der Waals surface area contributed by atoms with E-state index >= 15 is 0 Å². The molecule has 0 saturated heterocycles. The van der Waals surface area contributed by atoms with E-state index in [9.17, 15) is 18.0 Å².